The lowest BCUT2D eigenvalue weighted by Gasteiger charge is -2.04. The van der Waals surface area contributed by atoms with Crippen LogP contribution < -0.4 is 0 Å². The Labute approximate surface area is 100 Å². The highest BCUT2D eigenvalue weighted by Crippen LogP contribution is 2.25. The van der Waals surface area contributed by atoms with Gasteiger partial charge in [0.05, 0.1) is 22.0 Å². The van der Waals surface area contributed by atoms with Crippen molar-refractivity contribution < 1.29 is 18.4 Å². The van der Waals surface area contributed by atoms with E-state index in [0.29, 0.717) is 0 Å². The zero-order chi connectivity index (χ0) is 12.3. The molecule has 0 aliphatic heterocycles. The molecule has 0 aromatic heterocycles. The summed E-state index contributed by atoms with van der Waals surface area (Å²) in [4.78, 5) is 22.2. The maximum absolute atomic E-state index is 11.9. The topological polar surface area (TPSA) is 34.1 Å². The number of Topliss-reactive ketones (excluding diaryl/α,β-unsaturated/α-hetero) is 2. The lowest BCUT2D eigenvalue weighted by molar-refractivity contribution is -0.128. The normalized spacial score (nSPS) is 10.6. The molecule has 2 nitrogen and oxygen atoms in total. The molecule has 0 spiro atoms. The van der Waals surface area contributed by atoms with Crippen LogP contribution in [0.5, 0.6) is 0 Å². The summed E-state index contributed by atoms with van der Waals surface area (Å²) in [5.41, 5.74) is -0.0974. The molecule has 0 saturated carbocycles. The first-order valence-electron chi connectivity index (χ1n) is 4.21. The van der Waals surface area contributed by atoms with Gasteiger partial charge in [-0.1, -0.05) is 29.3 Å². The molecular weight excluding hydrogens is 261 g/mol. The summed E-state index contributed by atoms with van der Waals surface area (Å²) < 4.78 is 23.9. The number of halogens is 4. The minimum atomic E-state index is -3.16. The molecule has 0 atom stereocenters. The van der Waals surface area contributed by atoms with Crippen molar-refractivity contribution in [2.24, 2.45) is 0 Å². The zero-order valence-electron chi connectivity index (χ0n) is 7.84. The van der Waals surface area contributed by atoms with Crippen molar-refractivity contribution in [3.05, 3.63) is 33.8 Å². The van der Waals surface area contributed by atoms with Gasteiger partial charge >= 0.3 is 0 Å². The Bertz CT molecular complexity index is 413. The van der Waals surface area contributed by atoms with E-state index in [-0.39, 0.29) is 15.6 Å². The highest BCUT2D eigenvalue weighted by molar-refractivity contribution is 6.40. The zero-order valence-corrected chi connectivity index (χ0v) is 9.36. The van der Waals surface area contributed by atoms with Crippen molar-refractivity contribution in [1.29, 1.82) is 0 Å². The average Bonchev–Trinajstić information content (AvgIpc) is 2.16. The molecule has 0 amide bonds. The van der Waals surface area contributed by atoms with Crippen LogP contribution in [0.25, 0.3) is 0 Å². The molecule has 0 heterocycles. The number of carbonyl (C=O) groups excluding carboxylic acids is 2. The SMILES string of the molecule is O=C(CC(=O)C(F)F)c1c(Cl)cccc1Cl. The standard InChI is InChI=1S/C10H6Cl2F2O2/c11-5-2-1-3-6(12)9(5)7(15)4-8(16)10(13)14/h1-3,10H,4H2. The van der Waals surface area contributed by atoms with Crippen LogP contribution in [0.2, 0.25) is 10.0 Å². The van der Waals surface area contributed by atoms with Gasteiger partial charge in [-0.3, -0.25) is 9.59 Å². The Morgan fingerprint density at radius 2 is 1.69 bits per heavy atom. The van der Waals surface area contributed by atoms with Crippen LogP contribution in [0.3, 0.4) is 0 Å². The number of rotatable bonds is 4. The molecule has 1 rings (SSSR count). The summed E-state index contributed by atoms with van der Waals surface area (Å²) in [6.45, 7) is 0. The summed E-state index contributed by atoms with van der Waals surface area (Å²) >= 11 is 11.4. The summed E-state index contributed by atoms with van der Waals surface area (Å²) in [6, 6.07) is 4.30. The lowest BCUT2D eigenvalue weighted by atomic mass is 10.1. The van der Waals surface area contributed by atoms with Crippen molar-refractivity contribution in [2.45, 2.75) is 12.8 Å². The maximum atomic E-state index is 11.9. The average molecular weight is 267 g/mol. The van der Waals surface area contributed by atoms with Crippen LogP contribution in [0.15, 0.2) is 18.2 Å². The van der Waals surface area contributed by atoms with E-state index < -0.39 is 24.4 Å². The van der Waals surface area contributed by atoms with E-state index in [1.807, 2.05) is 0 Å². The van der Waals surface area contributed by atoms with Crippen LogP contribution in [0.4, 0.5) is 8.78 Å². The number of carbonyl (C=O) groups is 2. The fourth-order valence-electron chi connectivity index (χ4n) is 1.09. The molecule has 0 bridgehead atoms. The van der Waals surface area contributed by atoms with Gasteiger partial charge in [0.15, 0.2) is 5.78 Å². The van der Waals surface area contributed by atoms with E-state index in [0.717, 1.165) is 0 Å². The fraction of sp³-hybridized carbons (Fsp3) is 0.200. The first-order chi connectivity index (χ1) is 7.43. The molecule has 0 saturated heterocycles. The molecule has 86 valence electrons. The Kier molecular flexibility index (Phi) is 4.38. The van der Waals surface area contributed by atoms with Crippen molar-refractivity contribution in [3.63, 3.8) is 0 Å². The lowest BCUT2D eigenvalue weighted by Crippen LogP contribution is -2.15. The molecule has 16 heavy (non-hydrogen) atoms. The van der Waals surface area contributed by atoms with Crippen molar-refractivity contribution >= 4 is 34.8 Å². The third-order valence-corrected chi connectivity index (χ3v) is 2.45. The third kappa shape index (κ3) is 3.00. The molecule has 0 radical (unpaired) electrons. The molecule has 0 aliphatic carbocycles. The number of benzene rings is 1. The van der Waals surface area contributed by atoms with Crippen molar-refractivity contribution in [1.82, 2.24) is 0 Å². The van der Waals surface area contributed by atoms with Gasteiger partial charge in [-0.25, -0.2) is 8.78 Å². The summed E-state index contributed by atoms with van der Waals surface area (Å²) in [7, 11) is 0. The van der Waals surface area contributed by atoms with Crippen molar-refractivity contribution in [2.75, 3.05) is 0 Å². The van der Waals surface area contributed by atoms with Gasteiger partial charge in [0.1, 0.15) is 0 Å². The maximum Gasteiger partial charge on any atom is 0.296 e. The minimum Gasteiger partial charge on any atom is -0.294 e. The Morgan fingerprint density at radius 3 is 2.12 bits per heavy atom. The van der Waals surface area contributed by atoms with Gasteiger partial charge in [0, 0.05) is 0 Å². The second-order valence-corrected chi connectivity index (χ2v) is 3.78. The number of hydrogen-bond donors (Lipinski definition) is 0. The van der Waals surface area contributed by atoms with Gasteiger partial charge in [0.2, 0.25) is 5.78 Å². The predicted molar refractivity (Wildman–Crippen MR) is 56.4 cm³/mol. The van der Waals surface area contributed by atoms with E-state index in [4.69, 9.17) is 23.2 Å². The fourth-order valence-corrected chi connectivity index (χ4v) is 1.70. The smallest absolute Gasteiger partial charge is 0.294 e. The Hall–Kier alpha value is -1.00. The van der Waals surface area contributed by atoms with Crippen LogP contribution in [-0.2, 0) is 4.79 Å². The number of hydrogen-bond acceptors (Lipinski definition) is 2. The first kappa shape index (κ1) is 13.1. The molecule has 6 heteroatoms. The highest BCUT2D eigenvalue weighted by atomic mass is 35.5. The van der Waals surface area contributed by atoms with E-state index in [1.165, 1.54) is 18.2 Å². The minimum absolute atomic E-state index is 0.0413. The second kappa shape index (κ2) is 5.37. The quantitative estimate of drug-likeness (QED) is 0.618. The second-order valence-electron chi connectivity index (χ2n) is 2.96. The molecular formula is C10H6Cl2F2O2. The molecule has 1 aromatic rings. The first-order valence-corrected chi connectivity index (χ1v) is 4.97. The van der Waals surface area contributed by atoms with Gasteiger partial charge in [-0.2, -0.15) is 0 Å². The van der Waals surface area contributed by atoms with Gasteiger partial charge in [0.25, 0.3) is 6.43 Å². The van der Waals surface area contributed by atoms with Crippen molar-refractivity contribution in [3.8, 4) is 0 Å². The summed E-state index contributed by atoms with van der Waals surface area (Å²) in [5, 5.41) is 0.0825. The third-order valence-electron chi connectivity index (χ3n) is 1.82. The molecule has 1 aromatic carbocycles. The van der Waals surface area contributed by atoms with Crippen LogP contribution in [-0.4, -0.2) is 18.0 Å². The van der Waals surface area contributed by atoms with E-state index in [2.05, 4.69) is 0 Å². The van der Waals surface area contributed by atoms with E-state index in [9.17, 15) is 18.4 Å². The van der Waals surface area contributed by atoms with Gasteiger partial charge < -0.3 is 0 Å². The monoisotopic (exact) mass is 266 g/mol. The number of ketones is 2. The van der Waals surface area contributed by atoms with Crippen LogP contribution in [0, 0.1) is 0 Å². The van der Waals surface area contributed by atoms with E-state index >= 15 is 0 Å². The highest BCUT2D eigenvalue weighted by Gasteiger charge is 2.22. The molecule has 0 N–H and O–H groups in total. The summed E-state index contributed by atoms with van der Waals surface area (Å²) in [5.74, 6) is -2.25. The van der Waals surface area contributed by atoms with Gasteiger partial charge in [-0.05, 0) is 12.1 Å². The van der Waals surface area contributed by atoms with Crippen LogP contribution >= 0.6 is 23.2 Å². The van der Waals surface area contributed by atoms with E-state index in [1.54, 1.807) is 0 Å². The number of alkyl halides is 2. The largest absolute Gasteiger partial charge is 0.296 e. The predicted octanol–water partition coefficient (Wildman–Crippen LogP) is 3.40. The molecule has 0 fully saturated rings. The van der Waals surface area contributed by atoms with Gasteiger partial charge in [-0.15, -0.1) is 0 Å². The Morgan fingerprint density at radius 1 is 1.19 bits per heavy atom. The molecule has 0 unspecified atom stereocenters. The van der Waals surface area contributed by atoms with Crippen LogP contribution in [0.1, 0.15) is 16.8 Å². The molecule has 0 aliphatic rings. The summed E-state index contributed by atoms with van der Waals surface area (Å²) in [6.07, 6.45) is -4.06. The Balaban J connectivity index is 2.93.